The number of carbonyl (C=O) groups is 3. The molecule has 2 aromatic rings. The van der Waals surface area contributed by atoms with E-state index in [1.807, 2.05) is 0 Å². The maximum atomic E-state index is 13.2. The van der Waals surface area contributed by atoms with E-state index in [0.29, 0.717) is 16.9 Å². The van der Waals surface area contributed by atoms with Crippen molar-refractivity contribution in [3.8, 4) is 0 Å². The number of alkyl carbamates (subject to hydrolysis) is 1. The summed E-state index contributed by atoms with van der Waals surface area (Å²) in [6, 6.07) is 12.5. The lowest BCUT2D eigenvalue weighted by Gasteiger charge is -2.19. The number of rotatable bonds is 7. The van der Waals surface area contributed by atoms with Crippen molar-refractivity contribution in [2.24, 2.45) is 0 Å². The Hall–Kier alpha value is -3.42. The Morgan fingerprint density at radius 1 is 0.933 bits per heavy atom. The van der Waals surface area contributed by atoms with Gasteiger partial charge in [-0.25, -0.2) is 9.18 Å². The van der Waals surface area contributed by atoms with Gasteiger partial charge in [0.05, 0.1) is 6.42 Å². The molecule has 0 bridgehead atoms. The number of amides is 3. The minimum Gasteiger partial charge on any atom is -0.444 e. The molecular weight excluding hydrogens is 389 g/mol. The standard InChI is InChI=1S/C22H26FN3O4/c1-22(2,3)30-21(29)24-12-11-19(27)25-17-7-9-18(10-8-17)26-20(28)14-15-5-4-6-16(23)13-15/h4-10,13H,11-12,14H2,1-3H3,(H,24,29)(H,25,27)(H,26,28). The molecule has 30 heavy (non-hydrogen) atoms. The summed E-state index contributed by atoms with van der Waals surface area (Å²) < 4.78 is 18.3. The van der Waals surface area contributed by atoms with Gasteiger partial charge in [0.1, 0.15) is 11.4 Å². The summed E-state index contributed by atoms with van der Waals surface area (Å²) in [5.74, 6) is -0.929. The van der Waals surface area contributed by atoms with Crippen molar-refractivity contribution < 1.29 is 23.5 Å². The molecule has 2 aromatic carbocycles. The van der Waals surface area contributed by atoms with Gasteiger partial charge >= 0.3 is 6.09 Å². The van der Waals surface area contributed by atoms with E-state index < -0.39 is 11.7 Å². The smallest absolute Gasteiger partial charge is 0.407 e. The molecule has 0 atom stereocenters. The third kappa shape index (κ3) is 8.72. The van der Waals surface area contributed by atoms with E-state index in [-0.39, 0.29) is 37.0 Å². The van der Waals surface area contributed by atoms with Crippen LogP contribution in [0.2, 0.25) is 0 Å². The van der Waals surface area contributed by atoms with E-state index >= 15 is 0 Å². The molecule has 0 saturated carbocycles. The van der Waals surface area contributed by atoms with Crippen LogP contribution in [0.5, 0.6) is 0 Å². The van der Waals surface area contributed by atoms with Crippen LogP contribution in [0.1, 0.15) is 32.8 Å². The van der Waals surface area contributed by atoms with Gasteiger partial charge in [0.25, 0.3) is 0 Å². The number of benzene rings is 2. The second kappa shape index (κ2) is 10.4. The molecule has 160 valence electrons. The average Bonchev–Trinajstić information content (AvgIpc) is 2.62. The molecule has 0 aromatic heterocycles. The summed E-state index contributed by atoms with van der Waals surface area (Å²) in [6.07, 6.45) is -0.430. The maximum Gasteiger partial charge on any atom is 0.407 e. The van der Waals surface area contributed by atoms with Crippen molar-refractivity contribution in [2.45, 2.75) is 39.2 Å². The van der Waals surface area contributed by atoms with E-state index in [9.17, 15) is 18.8 Å². The zero-order valence-electron chi connectivity index (χ0n) is 17.3. The van der Waals surface area contributed by atoms with Crippen LogP contribution in [0, 0.1) is 5.82 Å². The Balaban J connectivity index is 1.75. The lowest BCUT2D eigenvalue weighted by atomic mass is 10.1. The Kier molecular flexibility index (Phi) is 7.91. The Morgan fingerprint density at radius 2 is 1.53 bits per heavy atom. The number of anilines is 2. The largest absolute Gasteiger partial charge is 0.444 e. The van der Waals surface area contributed by atoms with Gasteiger partial charge in [-0.1, -0.05) is 12.1 Å². The molecule has 0 radical (unpaired) electrons. The van der Waals surface area contributed by atoms with E-state index in [1.165, 1.54) is 12.1 Å². The fraction of sp³-hybridized carbons (Fsp3) is 0.318. The first-order valence-corrected chi connectivity index (χ1v) is 9.52. The van der Waals surface area contributed by atoms with Crippen LogP contribution in [-0.4, -0.2) is 30.1 Å². The molecule has 0 aliphatic carbocycles. The Bertz CT molecular complexity index is 892. The van der Waals surface area contributed by atoms with Gasteiger partial charge in [-0.15, -0.1) is 0 Å². The summed E-state index contributed by atoms with van der Waals surface area (Å²) in [6.45, 7) is 5.42. The quantitative estimate of drug-likeness (QED) is 0.640. The normalized spacial score (nSPS) is 10.8. The van der Waals surface area contributed by atoms with Crippen LogP contribution in [-0.2, 0) is 20.7 Å². The SMILES string of the molecule is CC(C)(C)OC(=O)NCCC(=O)Nc1ccc(NC(=O)Cc2cccc(F)c2)cc1. The molecule has 0 aliphatic rings. The molecule has 0 unspecified atom stereocenters. The first-order chi connectivity index (χ1) is 14.1. The molecule has 2 rings (SSSR count). The highest BCUT2D eigenvalue weighted by Crippen LogP contribution is 2.14. The molecule has 3 amide bonds. The van der Waals surface area contributed by atoms with Gasteiger partial charge in [-0.3, -0.25) is 9.59 Å². The highest BCUT2D eigenvalue weighted by Gasteiger charge is 2.16. The molecule has 3 N–H and O–H groups in total. The fourth-order valence-electron chi connectivity index (χ4n) is 2.49. The Morgan fingerprint density at radius 3 is 2.10 bits per heavy atom. The van der Waals surface area contributed by atoms with Crippen molar-refractivity contribution in [3.63, 3.8) is 0 Å². The molecule has 0 heterocycles. The van der Waals surface area contributed by atoms with E-state index in [0.717, 1.165) is 0 Å². The number of hydrogen-bond donors (Lipinski definition) is 3. The molecule has 0 spiro atoms. The highest BCUT2D eigenvalue weighted by atomic mass is 19.1. The monoisotopic (exact) mass is 415 g/mol. The summed E-state index contributed by atoms with van der Waals surface area (Å²) in [5, 5.41) is 7.94. The third-order valence-corrected chi connectivity index (χ3v) is 3.73. The second-order valence-electron chi connectivity index (χ2n) is 7.66. The highest BCUT2D eigenvalue weighted by molar-refractivity contribution is 5.93. The molecular formula is C22H26FN3O4. The summed E-state index contributed by atoms with van der Waals surface area (Å²) in [5.41, 5.74) is 1.10. The number of halogens is 1. The average molecular weight is 415 g/mol. The van der Waals surface area contributed by atoms with Crippen LogP contribution in [0.25, 0.3) is 0 Å². The topological polar surface area (TPSA) is 96.5 Å². The second-order valence-corrected chi connectivity index (χ2v) is 7.66. The summed E-state index contributed by atoms with van der Waals surface area (Å²) in [7, 11) is 0. The number of nitrogens with one attached hydrogen (secondary N) is 3. The van der Waals surface area contributed by atoms with Crippen LogP contribution in [0.15, 0.2) is 48.5 Å². The van der Waals surface area contributed by atoms with Gasteiger partial charge in [0.15, 0.2) is 0 Å². The van der Waals surface area contributed by atoms with Gasteiger partial charge in [-0.2, -0.15) is 0 Å². The lowest BCUT2D eigenvalue weighted by molar-refractivity contribution is -0.116. The minimum absolute atomic E-state index is 0.0564. The molecule has 0 fully saturated rings. The van der Waals surface area contributed by atoms with E-state index in [1.54, 1.807) is 57.2 Å². The van der Waals surface area contributed by atoms with Gasteiger partial charge in [0, 0.05) is 24.3 Å². The van der Waals surface area contributed by atoms with Gasteiger partial charge in [-0.05, 0) is 62.7 Å². The Labute approximate surface area is 175 Å². The van der Waals surface area contributed by atoms with Crippen molar-refractivity contribution in [1.29, 1.82) is 0 Å². The number of carbonyl (C=O) groups excluding carboxylic acids is 3. The molecule has 0 saturated heterocycles. The molecule has 0 aliphatic heterocycles. The predicted molar refractivity (Wildman–Crippen MR) is 113 cm³/mol. The van der Waals surface area contributed by atoms with E-state index in [2.05, 4.69) is 16.0 Å². The van der Waals surface area contributed by atoms with Gasteiger partial charge < -0.3 is 20.7 Å². The third-order valence-electron chi connectivity index (χ3n) is 3.73. The van der Waals surface area contributed by atoms with Crippen molar-refractivity contribution in [1.82, 2.24) is 5.32 Å². The number of ether oxygens (including phenoxy) is 1. The lowest BCUT2D eigenvalue weighted by Crippen LogP contribution is -2.34. The first kappa shape index (κ1) is 22.9. The van der Waals surface area contributed by atoms with Crippen LogP contribution in [0.4, 0.5) is 20.6 Å². The van der Waals surface area contributed by atoms with Crippen LogP contribution < -0.4 is 16.0 Å². The zero-order chi connectivity index (χ0) is 22.1. The predicted octanol–water partition coefficient (Wildman–Crippen LogP) is 3.86. The molecule has 8 heteroatoms. The van der Waals surface area contributed by atoms with E-state index in [4.69, 9.17) is 4.74 Å². The summed E-state index contributed by atoms with van der Waals surface area (Å²) in [4.78, 5) is 35.6. The van der Waals surface area contributed by atoms with Crippen molar-refractivity contribution in [3.05, 3.63) is 59.9 Å². The fourth-order valence-corrected chi connectivity index (χ4v) is 2.49. The molecule has 7 nitrogen and oxygen atoms in total. The van der Waals surface area contributed by atoms with Gasteiger partial charge in [0.2, 0.25) is 11.8 Å². The van der Waals surface area contributed by atoms with Crippen LogP contribution >= 0.6 is 0 Å². The van der Waals surface area contributed by atoms with Crippen molar-refractivity contribution in [2.75, 3.05) is 17.2 Å². The maximum absolute atomic E-state index is 13.2. The summed E-state index contributed by atoms with van der Waals surface area (Å²) >= 11 is 0. The van der Waals surface area contributed by atoms with Crippen LogP contribution in [0.3, 0.4) is 0 Å². The minimum atomic E-state index is -0.596. The first-order valence-electron chi connectivity index (χ1n) is 9.52. The zero-order valence-corrected chi connectivity index (χ0v) is 17.3. The number of hydrogen-bond acceptors (Lipinski definition) is 4. The van der Waals surface area contributed by atoms with Crippen molar-refractivity contribution >= 4 is 29.3 Å².